The molecule has 0 aromatic carbocycles. The van der Waals surface area contributed by atoms with Gasteiger partial charge in [0.25, 0.3) is 0 Å². The third-order valence-electron chi connectivity index (χ3n) is 4.94. The summed E-state index contributed by atoms with van der Waals surface area (Å²) in [6, 6.07) is 0. The summed E-state index contributed by atoms with van der Waals surface area (Å²) in [5, 5.41) is 0. The maximum atomic E-state index is 12.2. The first-order valence-electron chi connectivity index (χ1n) is 9.19. The van der Waals surface area contributed by atoms with Gasteiger partial charge in [-0.15, -0.1) is 0 Å². The summed E-state index contributed by atoms with van der Waals surface area (Å²) in [5.41, 5.74) is 0. The fraction of sp³-hybridized carbons (Fsp3) is 0.889. The molecule has 2 amide bonds. The molecular formula is C18H32N2O2S. The van der Waals surface area contributed by atoms with Crippen LogP contribution in [0.2, 0.25) is 0 Å². The fourth-order valence-corrected chi connectivity index (χ4v) is 4.41. The van der Waals surface area contributed by atoms with Crippen molar-refractivity contribution in [3.63, 3.8) is 0 Å². The normalized spacial score (nSPS) is 25.5. The number of likely N-dealkylation sites (tertiary alicyclic amines) is 2. The molecule has 2 unspecified atom stereocenters. The van der Waals surface area contributed by atoms with Gasteiger partial charge in [0.15, 0.2) is 0 Å². The van der Waals surface area contributed by atoms with Gasteiger partial charge in [0.05, 0.1) is 0 Å². The van der Waals surface area contributed by atoms with Crippen molar-refractivity contribution in [2.75, 3.05) is 37.7 Å². The minimum Gasteiger partial charge on any atom is -0.342 e. The zero-order valence-corrected chi connectivity index (χ0v) is 15.6. The van der Waals surface area contributed by atoms with E-state index >= 15 is 0 Å². The van der Waals surface area contributed by atoms with E-state index in [0.29, 0.717) is 36.5 Å². The molecule has 0 N–H and O–H groups in total. The van der Waals surface area contributed by atoms with E-state index in [4.69, 9.17) is 0 Å². The van der Waals surface area contributed by atoms with Crippen LogP contribution < -0.4 is 0 Å². The van der Waals surface area contributed by atoms with Crippen molar-refractivity contribution in [2.24, 2.45) is 11.8 Å². The van der Waals surface area contributed by atoms with Crippen LogP contribution in [-0.2, 0) is 9.59 Å². The van der Waals surface area contributed by atoms with Gasteiger partial charge in [-0.2, -0.15) is 11.8 Å². The summed E-state index contributed by atoms with van der Waals surface area (Å²) < 4.78 is 0. The summed E-state index contributed by atoms with van der Waals surface area (Å²) in [4.78, 5) is 28.4. The van der Waals surface area contributed by atoms with Crippen LogP contribution in [0.4, 0.5) is 0 Å². The number of hydrogen-bond acceptors (Lipinski definition) is 3. The fourth-order valence-electron chi connectivity index (χ4n) is 3.57. The molecule has 2 saturated heterocycles. The van der Waals surface area contributed by atoms with Gasteiger partial charge in [-0.3, -0.25) is 9.59 Å². The van der Waals surface area contributed by atoms with E-state index in [9.17, 15) is 9.59 Å². The van der Waals surface area contributed by atoms with Gasteiger partial charge in [-0.1, -0.05) is 13.8 Å². The van der Waals surface area contributed by atoms with Crippen LogP contribution in [-0.4, -0.2) is 59.3 Å². The van der Waals surface area contributed by atoms with Gasteiger partial charge in [-0.05, 0) is 37.5 Å². The Morgan fingerprint density at radius 3 is 1.70 bits per heavy atom. The lowest BCUT2D eigenvalue weighted by atomic mass is 10.0. The second-order valence-corrected chi connectivity index (χ2v) is 8.51. The van der Waals surface area contributed by atoms with Crippen LogP contribution >= 0.6 is 11.8 Å². The van der Waals surface area contributed by atoms with Gasteiger partial charge < -0.3 is 9.80 Å². The molecule has 2 rings (SSSR count). The molecule has 5 heteroatoms. The van der Waals surface area contributed by atoms with Gasteiger partial charge >= 0.3 is 0 Å². The zero-order chi connectivity index (χ0) is 16.7. The van der Waals surface area contributed by atoms with Gasteiger partial charge in [0, 0.05) is 50.5 Å². The molecule has 132 valence electrons. The molecular weight excluding hydrogens is 308 g/mol. The molecule has 2 aliphatic heterocycles. The molecule has 0 spiro atoms. The molecule has 2 heterocycles. The number of hydrogen-bond donors (Lipinski definition) is 0. The standard InChI is InChI=1S/C18H32N2O2S/c1-15-5-3-9-19(13-15)17(21)7-11-23-12-8-18(22)20-10-4-6-16(2)14-20/h15-16H,3-14H2,1-2H3. The molecule has 2 aliphatic rings. The Morgan fingerprint density at radius 1 is 0.870 bits per heavy atom. The lowest BCUT2D eigenvalue weighted by Crippen LogP contribution is -2.39. The van der Waals surface area contributed by atoms with Gasteiger partial charge in [0.1, 0.15) is 0 Å². The molecule has 0 aromatic heterocycles. The Balaban J connectivity index is 1.55. The maximum Gasteiger partial charge on any atom is 0.223 e. The predicted molar refractivity (Wildman–Crippen MR) is 96.5 cm³/mol. The highest BCUT2D eigenvalue weighted by atomic mass is 32.2. The Bertz CT molecular complexity index is 366. The molecule has 0 bridgehead atoms. The van der Waals surface area contributed by atoms with Crippen molar-refractivity contribution in [3.8, 4) is 0 Å². The molecule has 0 saturated carbocycles. The van der Waals surface area contributed by atoms with Crippen LogP contribution in [0.5, 0.6) is 0 Å². The van der Waals surface area contributed by atoms with Crippen molar-refractivity contribution >= 4 is 23.6 Å². The SMILES string of the molecule is CC1CCCN(C(=O)CCSCCC(=O)N2CCCC(C)C2)C1. The summed E-state index contributed by atoms with van der Waals surface area (Å²) in [5.74, 6) is 3.55. The lowest BCUT2D eigenvalue weighted by molar-refractivity contribution is -0.133. The highest BCUT2D eigenvalue weighted by Gasteiger charge is 2.21. The van der Waals surface area contributed by atoms with Gasteiger partial charge in [0.2, 0.25) is 11.8 Å². The van der Waals surface area contributed by atoms with Crippen LogP contribution in [0.25, 0.3) is 0 Å². The summed E-state index contributed by atoms with van der Waals surface area (Å²) >= 11 is 1.74. The highest BCUT2D eigenvalue weighted by Crippen LogP contribution is 2.18. The Hall–Kier alpha value is -0.710. The van der Waals surface area contributed by atoms with Crippen molar-refractivity contribution in [2.45, 2.75) is 52.4 Å². The molecule has 4 nitrogen and oxygen atoms in total. The molecule has 2 atom stereocenters. The van der Waals surface area contributed by atoms with Crippen molar-refractivity contribution in [3.05, 3.63) is 0 Å². The zero-order valence-electron chi connectivity index (χ0n) is 14.8. The number of carbonyl (C=O) groups is 2. The van der Waals surface area contributed by atoms with E-state index in [1.807, 2.05) is 9.80 Å². The maximum absolute atomic E-state index is 12.2. The number of carbonyl (C=O) groups excluding carboxylic acids is 2. The van der Waals surface area contributed by atoms with E-state index in [-0.39, 0.29) is 0 Å². The Morgan fingerprint density at radius 2 is 1.30 bits per heavy atom. The first kappa shape index (κ1) is 18.6. The first-order valence-corrected chi connectivity index (χ1v) is 10.3. The van der Waals surface area contributed by atoms with E-state index in [1.54, 1.807) is 11.8 Å². The monoisotopic (exact) mass is 340 g/mol. The Labute approximate surface area is 145 Å². The highest BCUT2D eigenvalue weighted by molar-refractivity contribution is 7.99. The summed E-state index contributed by atoms with van der Waals surface area (Å²) in [6.07, 6.45) is 6.01. The molecule has 0 aromatic rings. The van der Waals surface area contributed by atoms with Crippen molar-refractivity contribution in [1.82, 2.24) is 9.80 Å². The lowest BCUT2D eigenvalue weighted by Gasteiger charge is -2.31. The summed E-state index contributed by atoms with van der Waals surface area (Å²) in [6.45, 7) is 8.16. The van der Waals surface area contributed by atoms with E-state index in [2.05, 4.69) is 13.8 Å². The quantitative estimate of drug-likeness (QED) is 0.698. The van der Waals surface area contributed by atoms with E-state index in [0.717, 1.165) is 50.5 Å². The minimum absolute atomic E-state index is 0.292. The third-order valence-corrected chi connectivity index (χ3v) is 5.93. The number of rotatable bonds is 6. The van der Waals surface area contributed by atoms with Gasteiger partial charge in [-0.25, -0.2) is 0 Å². The third kappa shape index (κ3) is 6.36. The molecule has 0 radical (unpaired) electrons. The number of nitrogens with zero attached hydrogens (tertiary/aromatic N) is 2. The van der Waals surface area contributed by atoms with E-state index < -0.39 is 0 Å². The second kappa shape index (κ2) is 9.55. The van der Waals surface area contributed by atoms with E-state index in [1.165, 1.54) is 12.8 Å². The van der Waals surface area contributed by atoms with Crippen LogP contribution in [0.15, 0.2) is 0 Å². The van der Waals surface area contributed by atoms with Crippen LogP contribution in [0, 0.1) is 11.8 Å². The first-order chi connectivity index (χ1) is 11.1. The minimum atomic E-state index is 0.292. The smallest absolute Gasteiger partial charge is 0.223 e. The average molecular weight is 341 g/mol. The molecule has 2 fully saturated rings. The number of piperidine rings is 2. The predicted octanol–water partition coefficient (Wildman–Crippen LogP) is 3.02. The van der Waals surface area contributed by atoms with Crippen LogP contribution in [0.3, 0.4) is 0 Å². The number of amides is 2. The second-order valence-electron chi connectivity index (χ2n) is 7.29. The van der Waals surface area contributed by atoms with Crippen LogP contribution in [0.1, 0.15) is 52.4 Å². The van der Waals surface area contributed by atoms with Crippen molar-refractivity contribution in [1.29, 1.82) is 0 Å². The van der Waals surface area contributed by atoms with Crippen molar-refractivity contribution < 1.29 is 9.59 Å². The summed E-state index contributed by atoms with van der Waals surface area (Å²) in [7, 11) is 0. The number of thioether (sulfide) groups is 1. The average Bonchev–Trinajstić information content (AvgIpc) is 2.54. The largest absolute Gasteiger partial charge is 0.342 e. The molecule has 23 heavy (non-hydrogen) atoms. The Kier molecular flexibility index (Phi) is 7.74. The topological polar surface area (TPSA) is 40.6 Å². The molecule has 0 aliphatic carbocycles.